The Morgan fingerprint density at radius 1 is 0.941 bits per heavy atom. The third-order valence-electron chi connectivity index (χ3n) is 3.64. The molecule has 0 heterocycles. The highest BCUT2D eigenvalue weighted by Gasteiger charge is 2.25. The lowest BCUT2D eigenvalue weighted by Crippen LogP contribution is -2.31. The summed E-state index contributed by atoms with van der Waals surface area (Å²) in [5.74, 6) is 0.650. The smallest absolute Gasteiger partial charge is 0.0625 e. The molecule has 0 aromatic heterocycles. The van der Waals surface area contributed by atoms with E-state index in [0.717, 1.165) is 19.8 Å². The van der Waals surface area contributed by atoms with Gasteiger partial charge >= 0.3 is 0 Å². The Bertz CT molecular complexity index is 170. The summed E-state index contributed by atoms with van der Waals surface area (Å²) in [6.45, 7) is 7.20. The molecule has 1 aliphatic carbocycles. The van der Waals surface area contributed by atoms with Crippen molar-refractivity contribution in [3.05, 3.63) is 0 Å². The molecule has 2 atom stereocenters. The fraction of sp³-hybridized carbons (Fsp3) is 1.00. The van der Waals surface area contributed by atoms with Gasteiger partial charge in [0.15, 0.2) is 0 Å². The van der Waals surface area contributed by atoms with Crippen LogP contribution in [0, 0.1) is 5.92 Å². The average molecular weight is 242 g/mol. The fourth-order valence-electron chi connectivity index (χ4n) is 2.44. The lowest BCUT2D eigenvalue weighted by molar-refractivity contribution is -0.0438. The second-order valence-electron chi connectivity index (χ2n) is 5.24. The van der Waals surface area contributed by atoms with Crippen LogP contribution in [0.1, 0.15) is 65.2 Å². The molecule has 1 rings (SSSR count). The minimum atomic E-state index is 0.469. The number of ether oxygens (including phenoxy) is 2. The van der Waals surface area contributed by atoms with E-state index in [-0.39, 0.29) is 0 Å². The third kappa shape index (κ3) is 6.42. The molecule has 102 valence electrons. The van der Waals surface area contributed by atoms with Crippen LogP contribution in [0.3, 0.4) is 0 Å². The zero-order valence-corrected chi connectivity index (χ0v) is 11.7. The van der Waals surface area contributed by atoms with E-state index in [0.29, 0.717) is 12.0 Å². The molecule has 0 aliphatic heterocycles. The summed E-state index contributed by atoms with van der Waals surface area (Å²) in [5, 5.41) is 0. The summed E-state index contributed by atoms with van der Waals surface area (Å²) < 4.78 is 11.8. The van der Waals surface area contributed by atoms with Gasteiger partial charge in [-0.05, 0) is 25.7 Å². The number of unbranched alkanes of at least 4 members (excludes halogenated alkanes) is 2. The van der Waals surface area contributed by atoms with Crippen molar-refractivity contribution >= 4 is 0 Å². The minimum absolute atomic E-state index is 0.469. The standard InChI is InChI=1S/C15H30O2/c1-3-5-11-16-13-14-9-7-8-10-15(14)17-12-6-4-2/h14-15H,3-13H2,1-2H3. The molecule has 0 aromatic carbocycles. The molecule has 0 amide bonds. The Morgan fingerprint density at radius 2 is 1.65 bits per heavy atom. The Kier molecular flexibility index (Phi) is 8.72. The van der Waals surface area contributed by atoms with E-state index in [1.165, 1.54) is 51.4 Å². The summed E-state index contributed by atoms with van der Waals surface area (Å²) in [7, 11) is 0. The first-order valence-corrected chi connectivity index (χ1v) is 7.57. The van der Waals surface area contributed by atoms with Gasteiger partial charge in [0.2, 0.25) is 0 Å². The van der Waals surface area contributed by atoms with E-state index in [1.807, 2.05) is 0 Å². The van der Waals surface area contributed by atoms with Crippen LogP contribution in [0.2, 0.25) is 0 Å². The maximum absolute atomic E-state index is 6.01. The Morgan fingerprint density at radius 3 is 2.41 bits per heavy atom. The van der Waals surface area contributed by atoms with Crippen molar-refractivity contribution < 1.29 is 9.47 Å². The molecule has 17 heavy (non-hydrogen) atoms. The van der Waals surface area contributed by atoms with Gasteiger partial charge in [-0.15, -0.1) is 0 Å². The van der Waals surface area contributed by atoms with Crippen molar-refractivity contribution in [1.82, 2.24) is 0 Å². The lowest BCUT2D eigenvalue weighted by atomic mass is 9.87. The quantitative estimate of drug-likeness (QED) is 0.565. The van der Waals surface area contributed by atoms with Crippen LogP contribution < -0.4 is 0 Å². The molecule has 2 nitrogen and oxygen atoms in total. The predicted octanol–water partition coefficient (Wildman–Crippen LogP) is 4.18. The van der Waals surface area contributed by atoms with E-state index < -0.39 is 0 Å². The highest BCUT2D eigenvalue weighted by molar-refractivity contribution is 4.75. The van der Waals surface area contributed by atoms with Gasteiger partial charge in [-0.3, -0.25) is 0 Å². The van der Waals surface area contributed by atoms with Crippen LogP contribution in [-0.4, -0.2) is 25.9 Å². The van der Waals surface area contributed by atoms with Crippen molar-refractivity contribution in [2.24, 2.45) is 5.92 Å². The zero-order valence-electron chi connectivity index (χ0n) is 11.7. The summed E-state index contributed by atoms with van der Waals surface area (Å²) in [6.07, 6.45) is 10.5. The van der Waals surface area contributed by atoms with Gasteiger partial charge in [-0.1, -0.05) is 39.5 Å². The van der Waals surface area contributed by atoms with Gasteiger partial charge in [0, 0.05) is 19.1 Å². The van der Waals surface area contributed by atoms with Gasteiger partial charge in [0.05, 0.1) is 12.7 Å². The van der Waals surface area contributed by atoms with Crippen molar-refractivity contribution in [3.8, 4) is 0 Å². The molecule has 2 heteroatoms. The lowest BCUT2D eigenvalue weighted by Gasteiger charge is -2.31. The van der Waals surface area contributed by atoms with E-state index >= 15 is 0 Å². The third-order valence-corrected chi connectivity index (χ3v) is 3.64. The number of rotatable bonds is 9. The monoisotopic (exact) mass is 242 g/mol. The van der Waals surface area contributed by atoms with Crippen molar-refractivity contribution in [1.29, 1.82) is 0 Å². The van der Waals surface area contributed by atoms with Gasteiger partial charge < -0.3 is 9.47 Å². The second-order valence-corrected chi connectivity index (χ2v) is 5.24. The second kappa shape index (κ2) is 9.90. The summed E-state index contributed by atoms with van der Waals surface area (Å²) >= 11 is 0. The largest absolute Gasteiger partial charge is 0.381 e. The first-order chi connectivity index (χ1) is 8.38. The van der Waals surface area contributed by atoms with Crippen LogP contribution in [-0.2, 0) is 9.47 Å². The molecule has 0 saturated heterocycles. The normalized spacial score (nSPS) is 25.1. The van der Waals surface area contributed by atoms with Crippen LogP contribution >= 0.6 is 0 Å². The SMILES string of the molecule is CCCCOCC1CCCCC1OCCCC. The summed E-state index contributed by atoms with van der Waals surface area (Å²) in [6, 6.07) is 0. The maximum Gasteiger partial charge on any atom is 0.0625 e. The average Bonchev–Trinajstić information content (AvgIpc) is 2.36. The van der Waals surface area contributed by atoms with Crippen LogP contribution in [0.25, 0.3) is 0 Å². The van der Waals surface area contributed by atoms with Crippen molar-refractivity contribution in [2.75, 3.05) is 19.8 Å². The van der Waals surface area contributed by atoms with Gasteiger partial charge in [0.1, 0.15) is 0 Å². The maximum atomic E-state index is 6.01. The van der Waals surface area contributed by atoms with Gasteiger partial charge in [0.25, 0.3) is 0 Å². The molecule has 0 N–H and O–H groups in total. The van der Waals surface area contributed by atoms with Crippen LogP contribution in [0.4, 0.5) is 0 Å². The Balaban J connectivity index is 2.17. The van der Waals surface area contributed by atoms with E-state index in [4.69, 9.17) is 9.47 Å². The van der Waals surface area contributed by atoms with Crippen LogP contribution in [0.15, 0.2) is 0 Å². The molecule has 2 unspecified atom stereocenters. The van der Waals surface area contributed by atoms with E-state index in [2.05, 4.69) is 13.8 Å². The fourth-order valence-corrected chi connectivity index (χ4v) is 2.44. The van der Waals surface area contributed by atoms with Gasteiger partial charge in [-0.2, -0.15) is 0 Å². The summed E-state index contributed by atoms with van der Waals surface area (Å²) in [5.41, 5.74) is 0. The van der Waals surface area contributed by atoms with Gasteiger partial charge in [-0.25, -0.2) is 0 Å². The Labute approximate surface area is 107 Å². The highest BCUT2D eigenvalue weighted by atomic mass is 16.5. The molecule has 0 aromatic rings. The first-order valence-electron chi connectivity index (χ1n) is 7.57. The van der Waals surface area contributed by atoms with Crippen LogP contribution in [0.5, 0.6) is 0 Å². The molecule has 0 bridgehead atoms. The minimum Gasteiger partial charge on any atom is -0.381 e. The Hall–Kier alpha value is -0.0800. The molecule has 0 spiro atoms. The summed E-state index contributed by atoms with van der Waals surface area (Å²) in [4.78, 5) is 0. The molecule has 0 radical (unpaired) electrons. The topological polar surface area (TPSA) is 18.5 Å². The first kappa shape index (κ1) is 15.0. The molecule has 1 saturated carbocycles. The van der Waals surface area contributed by atoms with Crippen molar-refractivity contribution in [2.45, 2.75) is 71.3 Å². The number of hydrogen-bond donors (Lipinski definition) is 0. The molecular weight excluding hydrogens is 212 g/mol. The zero-order chi connectivity index (χ0) is 12.3. The molecule has 1 aliphatic rings. The highest BCUT2D eigenvalue weighted by Crippen LogP contribution is 2.27. The van der Waals surface area contributed by atoms with E-state index in [9.17, 15) is 0 Å². The van der Waals surface area contributed by atoms with E-state index in [1.54, 1.807) is 0 Å². The molecular formula is C15H30O2. The van der Waals surface area contributed by atoms with Crippen molar-refractivity contribution in [3.63, 3.8) is 0 Å². The predicted molar refractivity (Wildman–Crippen MR) is 72.3 cm³/mol. The molecule has 1 fully saturated rings. The number of hydrogen-bond acceptors (Lipinski definition) is 2.